The van der Waals surface area contributed by atoms with Crippen LogP contribution in [-0.2, 0) is 19.1 Å². The van der Waals surface area contributed by atoms with E-state index in [1.165, 1.54) is 0 Å². The normalized spacial score (nSPS) is 25.7. The van der Waals surface area contributed by atoms with Crippen molar-refractivity contribution in [2.24, 2.45) is 10.8 Å². The molecule has 0 unspecified atom stereocenters. The van der Waals surface area contributed by atoms with Crippen LogP contribution in [0.5, 0.6) is 0 Å². The summed E-state index contributed by atoms with van der Waals surface area (Å²) in [5.41, 5.74) is -0.678. The Labute approximate surface area is 260 Å². The number of halogens is 2. The third-order valence-electron chi connectivity index (χ3n) is 8.11. The SMILES string of the molecule is CCOC(=O)C1(C)CCC(N(C)c2ncc(Br)cn2)CC1.CCOC(=O)C1(C)CCC(Nc2ncc(Br)cn2)CC1. The standard InChI is InChI=1S/C15H22BrN3O2.C14H20BrN3O2/c1-4-21-13(20)15(2)7-5-12(6-8-15)19(3)14-17-9-11(16)10-18-14;1-3-20-12(19)14(2)6-4-11(5-7-14)18-13-16-8-10(15)9-17-13/h9-10,12H,4-8H2,1-3H3;8-9,11H,3-7H2,1-2H3,(H,16,17,18). The molecule has 0 saturated heterocycles. The van der Waals surface area contributed by atoms with Gasteiger partial charge >= 0.3 is 11.9 Å². The van der Waals surface area contributed by atoms with Gasteiger partial charge < -0.3 is 19.7 Å². The number of ether oxygens (including phenoxy) is 2. The highest BCUT2D eigenvalue weighted by molar-refractivity contribution is 9.10. The summed E-state index contributed by atoms with van der Waals surface area (Å²) < 4.78 is 12.1. The molecular formula is C29H42Br2N6O4. The van der Waals surface area contributed by atoms with Gasteiger partial charge in [0.05, 0.1) is 33.0 Å². The molecule has 10 nitrogen and oxygen atoms in total. The van der Waals surface area contributed by atoms with Gasteiger partial charge in [0.2, 0.25) is 11.9 Å². The lowest BCUT2D eigenvalue weighted by Gasteiger charge is -2.38. The number of hydrogen-bond donors (Lipinski definition) is 1. The molecule has 12 heteroatoms. The van der Waals surface area contributed by atoms with Crippen LogP contribution in [0.25, 0.3) is 0 Å². The second kappa shape index (κ2) is 15.2. The van der Waals surface area contributed by atoms with Crippen LogP contribution < -0.4 is 10.2 Å². The van der Waals surface area contributed by atoms with E-state index in [9.17, 15) is 9.59 Å². The Hall–Kier alpha value is -2.34. The summed E-state index contributed by atoms with van der Waals surface area (Å²) in [5, 5.41) is 3.32. The topological polar surface area (TPSA) is 119 Å². The van der Waals surface area contributed by atoms with Gasteiger partial charge in [-0.3, -0.25) is 9.59 Å². The maximum Gasteiger partial charge on any atom is 0.311 e. The van der Waals surface area contributed by atoms with Gasteiger partial charge in [0.25, 0.3) is 0 Å². The molecule has 0 bridgehead atoms. The number of hydrogen-bond acceptors (Lipinski definition) is 10. The van der Waals surface area contributed by atoms with E-state index in [1.54, 1.807) is 24.8 Å². The van der Waals surface area contributed by atoms with E-state index < -0.39 is 0 Å². The first-order valence-electron chi connectivity index (χ1n) is 14.3. The van der Waals surface area contributed by atoms with Crippen LogP contribution >= 0.6 is 31.9 Å². The van der Waals surface area contributed by atoms with Crippen LogP contribution in [0.15, 0.2) is 33.7 Å². The molecular weight excluding hydrogens is 656 g/mol. The van der Waals surface area contributed by atoms with Crippen molar-refractivity contribution in [1.29, 1.82) is 0 Å². The second-order valence-corrected chi connectivity index (χ2v) is 13.1. The Morgan fingerprint density at radius 2 is 1.24 bits per heavy atom. The van der Waals surface area contributed by atoms with Gasteiger partial charge in [0.15, 0.2) is 0 Å². The molecule has 2 heterocycles. The summed E-state index contributed by atoms with van der Waals surface area (Å²) >= 11 is 6.65. The fraction of sp³-hybridized carbons (Fsp3) is 0.655. The van der Waals surface area contributed by atoms with Crippen molar-refractivity contribution in [2.75, 3.05) is 30.5 Å². The molecule has 4 rings (SSSR count). The van der Waals surface area contributed by atoms with E-state index in [2.05, 4.69) is 62.0 Å². The predicted molar refractivity (Wildman–Crippen MR) is 165 cm³/mol. The van der Waals surface area contributed by atoms with Gasteiger partial charge in [0.1, 0.15) is 0 Å². The van der Waals surface area contributed by atoms with E-state index in [-0.39, 0.29) is 22.8 Å². The van der Waals surface area contributed by atoms with E-state index >= 15 is 0 Å². The quantitative estimate of drug-likeness (QED) is 0.313. The minimum absolute atomic E-state index is 0.0639. The molecule has 2 aromatic rings. The van der Waals surface area contributed by atoms with Gasteiger partial charge in [-0.15, -0.1) is 0 Å². The summed E-state index contributed by atoms with van der Waals surface area (Å²) in [6, 6.07) is 0.687. The molecule has 2 aliphatic carbocycles. The van der Waals surface area contributed by atoms with E-state index in [0.29, 0.717) is 31.2 Å². The van der Waals surface area contributed by atoms with Crippen LogP contribution in [0.2, 0.25) is 0 Å². The van der Waals surface area contributed by atoms with Gasteiger partial charge in [0, 0.05) is 43.9 Å². The fourth-order valence-electron chi connectivity index (χ4n) is 5.27. The third kappa shape index (κ3) is 9.33. The van der Waals surface area contributed by atoms with Crippen molar-refractivity contribution in [2.45, 2.75) is 91.1 Å². The van der Waals surface area contributed by atoms with Crippen molar-refractivity contribution in [3.05, 3.63) is 33.7 Å². The minimum atomic E-state index is -0.339. The first-order chi connectivity index (χ1) is 19.5. The molecule has 0 amide bonds. The molecule has 2 saturated carbocycles. The average molecular weight is 699 g/mol. The van der Waals surface area contributed by atoms with Gasteiger partial charge in [-0.1, -0.05) is 0 Å². The maximum absolute atomic E-state index is 12.0. The Kier molecular flexibility index (Phi) is 12.3. The minimum Gasteiger partial charge on any atom is -0.466 e. The van der Waals surface area contributed by atoms with Gasteiger partial charge in [-0.05, 0) is 111 Å². The average Bonchev–Trinajstić information content (AvgIpc) is 2.96. The van der Waals surface area contributed by atoms with Crippen LogP contribution in [0, 0.1) is 10.8 Å². The van der Waals surface area contributed by atoms with Crippen molar-refractivity contribution in [3.8, 4) is 0 Å². The Morgan fingerprint density at radius 3 is 1.68 bits per heavy atom. The van der Waals surface area contributed by atoms with Crippen LogP contribution in [-0.4, -0.2) is 64.2 Å². The Balaban J connectivity index is 0.000000226. The van der Waals surface area contributed by atoms with Crippen molar-refractivity contribution < 1.29 is 19.1 Å². The molecule has 1 N–H and O–H groups in total. The third-order valence-corrected chi connectivity index (χ3v) is 8.93. The van der Waals surface area contributed by atoms with E-state index in [4.69, 9.17) is 9.47 Å². The van der Waals surface area contributed by atoms with Crippen molar-refractivity contribution in [3.63, 3.8) is 0 Å². The highest BCUT2D eigenvalue weighted by Gasteiger charge is 2.40. The van der Waals surface area contributed by atoms with Crippen LogP contribution in [0.4, 0.5) is 11.9 Å². The summed E-state index contributed by atoms with van der Waals surface area (Å²) in [5.74, 6) is 1.23. The zero-order chi connectivity index (χ0) is 30.0. The number of rotatable bonds is 8. The number of carbonyl (C=O) groups is 2. The maximum atomic E-state index is 12.0. The van der Waals surface area contributed by atoms with Crippen molar-refractivity contribution >= 4 is 55.7 Å². The number of aromatic nitrogens is 4. The molecule has 0 aliphatic heterocycles. The van der Waals surface area contributed by atoms with Crippen LogP contribution in [0.1, 0.15) is 79.1 Å². The molecule has 0 atom stereocenters. The van der Waals surface area contributed by atoms with Crippen molar-refractivity contribution in [1.82, 2.24) is 19.9 Å². The molecule has 2 fully saturated rings. The highest BCUT2D eigenvalue weighted by Crippen LogP contribution is 2.39. The summed E-state index contributed by atoms with van der Waals surface area (Å²) in [6.45, 7) is 8.60. The van der Waals surface area contributed by atoms with E-state index in [0.717, 1.165) is 66.3 Å². The zero-order valence-corrected chi connectivity index (χ0v) is 27.8. The molecule has 2 aromatic heterocycles. The van der Waals surface area contributed by atoms with Gasteiger partial charge in [-0.25, -0.2) is 19.9 Å². The Bertz CT molecular complexity index is 1120. The monoisotopic (exact) mass is 696 g/mol. The summed E-state index contributed by atoms with van der Waals surface area (Å²) in [4.78, 5) is 43.2. The lowest BCUT2D eigenvalue weighted by atomic mass is 9.73. The molecule has 0 radical (unpaired) electrons. The molecule has 41 heavy (non-hydrogen) atoms. The molecule has 0 aromatic carbocycles. The number of esters is 2. The number of nitrogens with one attached hydrogen (secondary N) is 1. The largest absolute Gasteiger partial charge is 0.466 e. The first kappa shape index (κ1) is 33.2. The summed E-state index contributed by atoms with van der Waals surface area (Å²) in [7, 11) is 2.01. The lowest BCUT2D eigenvalue weighted by Crippen LogP contribution is -2.42. The molecule has 2 aliphatic rings. The number of anilines is 2. The predicted octanol–water partition coefficient (Wildman–Crippen LogP) is 6.35. The number of nitrogens with zero attached hydrogens (tertiary/aromatic N) is 5. The smallest absolute Gasteiger partial charge is 0.311 e. The summed E-state index contributed by atoms with van der Waals surface area (Å²) in [6.07, 6.45) is 14.1. The first-order valence-corrected chi connectivity index (χ1v) is 15.9. The zero-order valence-electron chi connectivity index (χ0n) is 24.7. The molecule has 0 spiro atoms. The number of carbonyl (C=O) groups excluding carboxylic acids is 2. The Morgan fingerprint density at radius 1 is 0.829 bits per heavy atom. The lowest BCUT2D eigenvalue weighted by molar-refractivity contribution is -0.157. The van der Waals surface area contributed by atoms with E-state index in [1.807, 2.05) is 34.7 Å². The fourth-order valence-corrected chi connectivity index (χ4v) is 5.67. The molecule has 226 valence electrons. The van der Waals surface area contributed by atoms with Crippen LogP contribution in [0.3, 0.4) is 0 Å². The second-order valence-electron chi connectivity index (χ2n) is 11.2. The highest BCUT2D eigenvalue weighted by atomic mass is 79.9. The van der Waals surface area contributed by atoms with Gasteiger partial charge in [-0.2, -0.15) is 0 Å².